The summed E-state index contributed by atoms with van der Waals surface area (Å²) in [6, 6.07) is -0.821. The van der Waals surface area contributed by atoms with Crippen molar-refractivity contribution in [2.75, 3.05) is 19.8 Å². The zero-order valence-electron chi connectivity index (χ0n) is 44.5. The zero-order chi connectivity index (χ0) is 51.0. The van der Waals surface area contributed by atoms with Gasteiger partial charge in [0.25, 0.3) is 0 Å². The van der Waals surface area contributed by atoms with E-state index in [0.717, 1.165) is 51.4 Å². The molecule has 0 bridgehead atoms. The van der Waals surface area contributed by atoms with Crippen LogP contribution in [0.25, 0.3) is 0 Å². The van der Waals surface area contributed by atoms with E-state index in [0.29, 0.717) is 12.8 Å². The number of carbonyl (C=O) groups excluding carboxylic acids is 1. The van der Waals surface area contributed by atoms with Crippen LogP contribution in [0.4, 0.5) is 0 Å². The summed E-state index contributed by atoms with van der Waals surface area (Å²) in [6.07, 6.45) is 29.7. The van der Waals surface area contributed by atoms with Crippen LogP contribution in [0.15, 0.2) is 0 Å². The van der Waals surface area contributed by atoms with E-state index in [4.69, 9.17) is 18.9 Å². The molecular formula is C56H109NO13. The van der Waals surface area contributed by atoms with Gasteiger partial charge in [-0.1, -0.05) is 239 Å². The Morgan fingerprint density at radius 1 is 0.457 bits per heavy atom. The average molecular weight is 1000 g/mol. The molecule has 2 fully saturated rings. The van der Waals surface area contributed by atoms with Crippen LogP contribution in [0.1, 0.15) is 258 Å². The number of ether oxygens (including phenoxy) is 4. The maximum Gasteiger partial charge on any atom is 0.220 e. The molecule has 0 radical (unpaired) electrons. The molecule has 0 aromatic rings. The van der Waals surface area contributed by atoms with Crippen molar-refractivity contribution < 1.29 is 64.6 Å². The average Bonchev–Trinajstić information content (AvgIpc) is 3.36. The Bertz CT molecular complexity index is 1180. The largest absolute Gasteiger partial charge is 0.394 e. The van der Waals surface area contributed by atoms with Crippen LogP contribution in [-0.4, -0.2) is 140 Å². The molecule has 2 aliphatic rings. The van der Waals surface area contributed by atoms with Crippen molar-refractivity contribution in [1.29, 1.82) is 0 Å². The van der Waals surface area contributed by atoms with E-state index in [2.05, 4.69) is 19.2 Å². The molecular weight excluding hydrogens is 895 g/mol. The molecule has 0 spiro atoms. The van der Waals surface area contributed by atoms with Crippen LogP contribution >= 0.6 is 0 Å². The Labute approximate surface area is 425 Å². The van der Waals surface area contributed by atoms with Gasteiger partial charge in [0.2, 0.25) is 5.91 Å². The molecule has 2 aliphatic heterocycles. The van der Waals surface area contributed by atoms with E-state index in [1.54, 1.807) is 0 Å². The lowest BCUT2D eigenvalue weighted by Gasteiger charge is -2.46. The van der Waals surface area contributed by atoms with Gasteiger partial charge in [0.15, 0.2) is 12.6 Å². The van der Waals surface area contributed by atoms with Crippen LogP contribution in [0.3, 0.4) is 0 Å². The Kier molecular flexibility index (Phi) is 40.2. The Morgan fingerprint density at radius 3 is 1.21 bits per heavy atom. The molecule has 12 atom stereocenters. The lowest BCUT2D eigenvalue weighted by molar-refractivity contribution is -0.359. The van der Waals surface area contributed by atoms with Crippen molar-refractivity contribution in [2.24, 2.45) is 0 Å². The highest BCUT2D eigenvalue weighted by Crippen LogP contribution is 2.30. The van der Waals surface area contributed by atoms with Crippen molar-refractivity contribution in [2.45, 2.75) is 331 Å². The summed E-state index contributed by atoms with van der Waals surface area (Å²) in [7, 11) is 0. The van der Waals surface area contributed by atoms with Gasteiger partial charge in [-0.25, -0.2) is 0 Å². The van der Waals surface area contributed by atoms with Gasteiger partial charge in [-0.3, -0.25) is 4.79 Å². The normalized spacial score (nSPS) is 25.9. The molecule has 0 saturated carbocycles. The summed E-state index contributed by atoms with van der Waals surface area (Å²) in [5, 5.41) is 87.1. The maximum absolute atomic E-state index is 13.2. The number of amides is 1. The first kappa shape index (κ1) is 65.1. The second kappa shape index (κ2) is 43.3. The number of hydrogen-bond donors (Lipinski definition) is 9. The smallest absolute Gasteiger partial charge is 0.220 e. The Balaban J connectivity index is 1.70. The van der Waals surface area contributed by atoms with E-state index in [1.165, 1.54) is 180 Å². The molecule has 416 valence electrons. The minimum atomic E-state index is -1.78. The number of aliphatic hydroxyl groups is 8. The summed E-state index contributed by atoms with van der Waals surface area (Å²) < 4.78 is 22.8. The Morgan fingerprint density at radius 2 is 0.814 bits per heavy atom. The molecule has 1 amide bonds. The molecule has 9 N–H and O–H groups in total. The van der Waals surface area contributed by atoms with Gasteiger partial charge in [-0.2, -0.15) is 0 Å². The van der Waals surface area contributed by atoms with Crippen LogP contribution < -0.4 is 5.32 Å². The van der Waals surface area contributed by atoms with Crippen LogP contribution in [0.5, 0.6) is 0 Å². The number of unbranched alkanes of at least 4 members (excludes halogenated alkanes) is 34. The summed E-state index contributed by atoms with van der Waals surface area (Å²) in [6.45, 7) is 2.88. The highest BCUT2D eigenvalue weighted by Gasteiger charge is 2.51. The van der Waals surface area contributed by atoms with Gasteiger partial charge in [0, 0.05) is 6.42 Å². The summed E-state index contributed by atoms with van der Waals surface area (Å²) in [4.78, 5) is 13.2. The number of carbonyl (C=O) groups is 1. The fourth-order valence-electron chi connectivity index (χ4n) is 10.1. The van der Waals surface area contributed by atoms with Crippen LogP contribution in [0.2, 0.25) is 0 Å². The first-order chi connectivity index (χ1) is 34.1. The molecule has 0 aromatic heterocycles. The minimum absolute atomic E-state index is 0.201. The third kappa shape index (κ3) is 29.2. The molecule has 14 heteroatoms. The van der Waals surface area contributed by atoms with E-state index >= 15 is 0 Å². The van der Waals surface area contributed by atoms with E-state index < -0.39 is 86.8 Å². The first-order valence-corrected chi connectivity index (χ1v) is 29.3. The van der Waals surface area contributed by atoms with E-state index in [-0.39, 0.29) is 12.5 Å². The summed E-state index contributed by atoms with van der Waals surface area (Å²) in [5.74, 6) is -0.201. The van der Waals surface area contributed by atoms with Gasteiger partial charge in [0.05, 0.1) is 32.0 Å². The minimum Gasteiger partial charge on any atom is -0.394 e. The zero-order valence-corrected chi connectivity index (χ0v) is 44.5. The molecule has 2 rings (SSSR count). The lowest BCUT2D eigenvalue weighted by atomic mass is 9.97. The van der Waals surface area contributed by atoms with Gasteiger partial charge in [-0.15, -0.1) is 0 Å². The van der Waals surface area contributed by atoms with Gasteiger partial charge < -0.3 is 65.1 Å². The predicted molar refractivity (Wildman–Crippen MR) is 277 cm³/mol. The third-order valence-electron chi connectivity index (χ3n) is 14.8. The highest BCUT2D eigenvalue weighted by atomic mass is 16.7. The van der Waals surface area contributed by atoms with Crippen molar-refractivity contribution in [3.8, 4) is 0 Å². The Hall–Kier alpha value is -1.01. The molecule has 2 saturated heterocycles. The number of aliphatic hydroxyl groups excluding tert-OH is 8. The fourth-order valence-corrected chi connectivity index (χ4v) is 10.1. The summed E-state index contributed by atoms with van der Waals surface area (Å²) in [5.41, 5.74) is 0. The SMILES string of the molecule is CCCCCCCCCCCCCCCCCCCCCCCCCCC(=O)N[C@@H](CO[C@@H]1O[C@H](CO)[C@@H](O[C@@H]2O[C@H](CO)[C@H](O)C(O)C2O)C(O)C1O)[C@H](O)CCCCCCCCCCCCCC. The summed E-state index contributed by atoms with van der Waals surface area (Å²) >= 11 is 0. The second-order valence-electron chi connectivity index (χ2n) is 21.1. The quantitative estimate of drug-likeness (QED) is 0.0259. The number of nitrogens with one attached hydrogen (secondary N) is 1. The monoisotopic (exact) mass is 1000 g/mol. The van der Waals surface area contributed by atoms with Crippen molar-refractivity contribution in [1.82, 2.24) is 5.32 Å². The van der Waals surface area contributed by atoms with Crippen molar-refractivity contribution >= 4 is 5.91 Å². The molecule has 0 aliphatic carbocycles. The van der Waals surface area contributed by atoms with Gasteiger partial charge >= 0.3 is 0 Å². The molecule has 2 heterocycles. The topological polar surface area (TPSA) is 228 Å². The maximum atomic E-state index is 13.2. The predicted octanol–water partition coefficient (Wildman–Crippen LogP) is 9.34. The fraction of sp³-hybridized carbons (Fsp3) is 0.982. The van der Waals surface area contributed by atoms with Crippen molar-refractivity contribution in [3.05, 3.63) is 0 Å². The van der Waals surface area contributed by atoms with Crippen LogP contribution in [0, 0.1) is 0 Å². The standard InChI is InChI=1S/C56H109NO13/c1-3-5-7-9-11-13-15-17-18-19-20-21-22-23-24-25-26-27-28-30-32-34-36-38-40-48(61)57-44(45(60)39-37-35-33-31-29-16-14-12-10-8-6-4-2)43-67-55-53(66)51(64)54(47(42-59)69-55)70-56-52(65)50(63)49(62)46(41-58)68-56/h44-47,49-56,58-60,62-66H,3-43H2,1-2H3,(H,57,61)/t44-,45+,46+,47+,49-,50?,51?,52?,53?,54+,55+,56-/m0/s1. The molecule has 14 nitrogen and oxygen atoms in total. The lowest BCUT2D eigenvalue weighted by Crippen LogP contribution is -2.65. The molecule has 4 unspecified atom stereocenters. The first-order valence-electron chi connectivity index (χ1n) is 29.3. The van der Waals surface area contributed by atoms with E-state index in [1.807, 2.05) is 0 Å². The van der Waals surface area contributed by atoms with E-state index in [9.17, 15) is 45.6 Å². The third-order valence-corrected chi connectivity index (χ3v) is 14.8. The molecule has 70 heavy (non-hydrogen) atoms. The number of rotatable bonds is 47. The number of hydrogen-bond acceptors (Lipinski definition) is 13. The molecule has 0 aromatic carbocycles. The van der Waals surface area contributed by atoms with Gasteiger partial charge in [-0.05, 0) is 12.8 Å². The van der Waals surface area contributed by atoms with Crippen LogP contribution in [-0.2, 0) is 23.7 Å². The second-order valence-corrected chi connectivity index (χ2v) is 21.1. The van der Waals surface area contributed by atoms with Gasteiger partial charge in [0.1, 0.15) is 48.8 Å². The highest BCUT2D eigenvalue weighted by molar-refractivity contribution is 5.76. The van der Waals surface area contributed by atoms with Crippen molar-refractivity contribution in [3.63, 3.8) is 0 Å².